The van der Waals surface area contributed by atoms with Gasteiger partial charge in [-0.1, -0.05) is 32.5 Å². The van der Waals surface area contributed by atoms with Gasteiger partial charge in [0.05, 0.1) is 26.9 Å². The van der Waals surface area contributed by atoms with Crippen molar-refractivity contribution in [3.63, 3.8) is 0 Å². The zero-order valence-electron chi connectivity index (χ0n) is 19.8. The maximum atomic E-state index is 13.4. The fourth-order valence-corrected chi connectivity index (χ4v) is 5.29. The van der Waals surface area contributed by atoms with Crippen molar-refractivity contribution in [2.24, 2.45) is 5.41 Å². The molecule has 1 atom stereocenters. The second-order valence-corrected chi connectivity index (χ2v) is 10.2. The van der Waals surface area contributed by atoms with Gasteiger partial charge in [-0.15, -0.1) is 0 Å². The van der Waals surface area contributed by atoms with E-state index in [1.807, 2.05) is 6.92 Å². The highest BCUT2D eigenvalue weighted by Gasteiger charge is 2.43. The van der Waals surface area contributed by atoms with Gasteiger partial charge in [-0.25, -0.2) is 4.98 Å². The number of nitrogens with zero attached hydrogens (tertiary/aromatic N) is 1. The van der Waals surface area contributed by atoms with E-state index < -0.39 is 5.92 Å². The number of fused-ring (bicyclic) bond motifs is 1. The standard InChI is InChI=1S/C24H29N3O5S/c1-7-33-23-26-21-19(22(29)27-23)17(18-13(25-21)10-24(2,3)11-14(18)28)12-8-15(30-4)20(32-6)16(9-12)31-5/h8-9,17H,7,10-11H2,1-6H3,(H2,25,26,27,29). The molecule has 2 N–H and O–H groups in total. The molecule has 0 fully saturated rings. The van der Waals surface area contributed by atoms with Crippen LogP contribution in [0.3, 0.4) is 0 Å². The molecule has 1 unspecified atom stereocenters. The van der Waals surface area contributed by atoms with Crippen molar-refractivity contribution in [3.05, 3.63) is 44.9 Å². The second-order valence-electron chi connectivity index (χ2n) is 8.92. The molecule has 9 heteroatoms. The number of allylic oxidation sites excluding steroid dienone is 2. The number of carbonyl (C=O) groups is 1. The van der Waals surface area contributed by atoms with Crippen molar-refractivity contribution in [3.8, 4) is 17.2 Å². The SMILES string of the molecule is CCSc1nc2c(c(=O)[nH]1)C(c1cc(OC)c(OC)c(OC)c1)C1=C(CC(C)(C)CC1=O)N2. The van der Waals surface area contributed by atoms with Crippen LogP contribution in [0.4, 0.5) is 5.82 Å². The highest BCUT2D eigenvalue weighted by molar-refractivity contribution is 7.99. The topological polar surface area (TPSA) is 103 Å². The van der Waals surface area contributed by atoms with Gasteiger partial charge in [0, 0.05) is 23.6 Å². The molecule has 2 aliphatic rings. The van der Waals surface area contributed by atoms with E-state index in [1.54, 1.807) is 26.4 Å². The lowest BCUT2D eigenvalue weighted by Crippen LogP contribution is -2.37. The Labute approximate surface area is 197 Å². The number of aromatic nitrogens is 2. The third-order valence-electron chi connectivity index (χ3n) is 6.00. The number of methoxy groups -OCH3 is 3. The summed E-state index contributed by atoms with van der Waals surface area (Å²) in [5.74, 6) is 2.04. The summed E-state index contributed by atoms with van der Waals surface area (Å²) in [5, 5.41) is 3.88. The zero-order chi connectivity index (χ0) is 23.9. The molecule has 2 heterocycles. The fraction of sp³-hybridized carbons (Fsp3) is 0.458. The minimum atomic E-state index is -0.606. The molecule has 8 nitrogen and oxygen atoms in total. The van der Waals surface area contributed by atoms with E-state index in [9.17, 15) is 9.59 Å². The maximum absolute atomic E-state index is 13.4. The third kappa shape index (κ3) is 4.10. The number of rotatable bonds is 6. The third-order valence-corrected chi connectivity index (χ3v) is 6.76. The Hall–Kier alpha value is -2.94. The van der Waals surface area contributed by atoms with Gasteiger partial charge in [0.2, 0.25) is 5.75 Å². The molecule has 0 spiro atoms. The van der Waals surface area contributed by atoms with Crippen molar-refractivity contribution < 1.29 is 19.0 Å². The highest BCUT2D eigenvalue weighted by Crippen LogP contribution is 2.50. The van der Waals surface area contributed by atoms with Crippen LogP contribution in [-0.2, 0) is 4.79 Å². The van der Waals surface area contributed by atoms with Gasteiger partial charge < -0.3 is 24.5 Å². The number of hydrogen-bond acceptors (Lipinski definition) is 8. The summed E-state index contributed by atoms with van der Waals surface area (Å²) in [7, 11) is 4.62. The van der Waals surface area contributed by atoms with E-state index in [2.05, 4.69) is 29.1 Å². The number of ether oxygens (including phenoxy) is 3. The van der Waals surface area contributed by atoms with Crippen LogP contribution in [0.15, 0.2) is 33.4 Å². The lowest BCUT2D eigenvalue weighted by atomic mass is 9.69. The monoisotopic (exact) mass is 471 g/mol. The molecule has 1 aromatic heterocycles. The summed E-state index contributed by atoms with van der Waals surface area (Å²) in [4.78, 5) is 34.3. The van der Waals surface area contributed by atoms with Crippen molar-refractivity contribution in [2.45, 2.75) is 44.7 Å². The minimum Gasteiger partial charge on any atom is -0.493 e. The molecule has 1 aliphatic carbocycles. The second kappa shape index (κ2) is 8.78. The van der Waals surface area contributed by atoms with E-state index in [0.29, 0.717) is 57.8 Å². The van der Waals surface area contributed by atoms with E-state index in [0.717, 1.165) is 11.4 Å². The van der Waals surface area contributed by atoms with E-state index in [1.165, 1.54) is 18.9 Å². The molecule has 176 valence electrons. The zero-order valence-corrected chi connectivity index (χ0v) is 20.6. The van der Waals surface area contributed by atoms with Gasteiger partial charge in [-0.2, -0.15) is 0 Å². The highest BCUT2D eigenvalue weighted by atomic mass is 32.2. The summed E-state index contributed by atoms with van der Waals surface area (Å²) in [6.07, 6.45) is 1.08. The molecular formula is C24H29N3O5S. The molecule has 2 aromatic rings. The quantitative estimate of drug-likeness (QED) is 0.479. The lowest BCUT2D eigenvalue weighted by Gasteiger charge is -2.38. The first-order valence-corrected chi connectivity index (χ1v) is 11.8. The Morgan fingerprint density at radius 1 is 1.09 bits per heavy atom. The molecule has 4 rings (SSSR count). The average molecular weight is 472 g/mol. The summed E-state index contributed by atoms with van der Waals surface area (Å²) >= 11 is 1.46. The normalized spacial score (nSPS) is 18.8. The van der Waals surface area contributed by atoms with Gasteiger partial charge in [0.25, 0.3) is 5.56 Å². The van der Waals surface area contributed by atoms with Gasteiger partial charge in [-0.05, 0) is 35.3 Å². The van der Waals surface area contributed by atoms with Gasteiger partial charge in [0.15, 0.2) is 22.4 Å². The first kappa shape index (κ1) is 23.2. The molecule has 0 saturated heterocycles. The number of anilines is 1. The van der Waals surface area contributed by atoms with Crippen LogP contribution in [0.1, 0.15) is 50.7 Å². The number of hydrogen-bond donors (Lipinski definition) is 2. The summed E-state index contributed by atoms with van der Waals surface area (Å²) in [5.41, 5.74) is 2.06. The summed E-state index contributed by atoms with van der Waals surface area (Å²) in [6, 6.07) is 3.60. The first-order chi connectivity index (χ1) is 15.7. The van der Waals surface area contributed by atoms with Crippen LogP contribution in [0.25, 0.3) is 0 Å². The van der Waals surface area contributed by atoms with Crippen LogP contribution >= 0.6 is 11.8 Å². The van der Waals surface area contributed by atoms with Crippen molar-refractivity contribution in [2.75, 3.05) is 32.4 Å². The van der Waals surface area contributed by atoms with E-state index in [4.69, 9.17) is 14.2 Å². The summed E-state index contributed by atoms with van der Waals surface area (Å²) in [6.45, 7) is 6.15. The number of ketones is 1. The number of Topliss-reactive ketones (excluding diaryl/α,β-unsaturated/α-hetero) is 1. The largest absolute Gasteiger partial charge is 0.493 e. The maximum Gasteiger partial charge on any atom is 0.257 e. The Balaban J connectivity index is 2.00. The fourth-order valence-electron chi connectivity index (χ4n) is 4.70. The first-order valence-electron chi connectivity index (χ1n) is 10.8. The molecular weight excluding hydrogens is 442 g/mol. The number of nitrogens with one attached hydrogen (secondary N) is 2. The Kier molecular flexibility index (Phi) is 6.18. The van der Waals surface area contributed by atoms with Crippen molar-refractivity contribution in [1.29, 1.82) is 0 Å². The van der Waals surface area contributed by atoms with Gasteiger partial charge in [0.1, 0.15) is 5.82 Å². The Morgan fingerprint density at radius 2 is 1.76 bits per heavy atom. The van der Waals surface area contributed by atoms with Crippen molar-refractivity contribution >= 4 is 23.4 Å². The van der Waals surface area contributed by atoms with E-state index in [-0.39, 0.29) is 16.8 Å². The molecule has 1 aliphatic heterocycles. The van der Waals surface area contributed by atoms with Crippen molar-refractivity contribution in [1.82, 2.24) is 9.97 Å². The minimum absolute atomic E-state index is 0.0181. The number of carbonyl (C=O) groups excluding carboxylic acids is 1. The van der Waals surface area contributed by atoms with Crippen LogP contribution in [0.2, 0.25) is 0 Å². The van der Waals surface area contributed by atoms with Gasteiger partial charge in [-0.3, -0.25) is 9.59 Å². The van der Waals surface area contributed by atoms with Crippen LogP contribution in [-0.4, -0.2) is 42.8 Å². The van der Waals surface area contributed by atoms with Crippen LogP contribution in [0, 0.1) is 5.41 Å². The number of thioether (sulfide) groups is 1. The lowest BCUT2D eigenvalue weighted by molar-refractivity contribution is -0.118. The number of aromatic amines is 1. The predicted octanol–water partition coefficient (Wildman–Crippen LogP) is 4.11. The molecule has 0 saturated carbocycles. The average Bonchev–Trinajstić information content (AvgIpc) is 2.75. The Morgan fingerprint density at radius 3 is 2.33 bits per heavy atom. The van der Waals surface area contributed by atoms with Crippen LogP contribution < -0.4 is 25.1 Å². The van der Waals surface area contributed by atoms with Gasteiger partial charge >= 0.3 is 0 Å². The molecule has 33 heavy (non-hydrogen) atoms. The smallest absolute Gasteiger partial charge is 0.257 e. The molecule has 0 bridgehead atoms. The summed E-state index contributed by atoms with van der Waals surface area (Å²) < 4.78 is 16.6. The molecule has 0 radical (unpaired) electrons. The van der Waals surface area contributed by atoms with E-state index >= 15 is 0 Å². The Bertz CT molecular complexity index is 1180. The van der Waals surface area contributed by atoms with Crippen LogP contribution in [0.5, 0.6) is 17.2 Å². The number of H-pyrrole nitrogens is 1. The molecule has 1 aromatic carbocycles. The predicted molar refractivity (Wildman–Crippen MR) is 128 cm³/mol. The molecule has 0 amide bonds. The number of benzene rings is 1.